The summed E-state index contributed by atoms with van der Waals surface area (Å²) in [6, 6.07) is 7.85. The Labute approximate surface area is 104 Å². The van der Waals surface area contributed by atoms with Crippen molar-refractivity contribution in [1.29, 1.82) is 0 Å². The molecule has 0 aliphatic carbocycles. The Balaban J connectivity index is 2.40. The van der Waals surface area contributed by atoms with Crippen molar-refractivity contribution in [3.8, 4) is 0 Å². The molecule has 1 aromatic rings. The van der Waals surface area contributed by atoms with Crippen molar-refractivity contribution in [3.05, 3.63) is 29.8 Å². The minimum atomic E-state index is -0.199. The molecule has 0 saturated heterocycles. The Morgan fingerprint density at radius 2 is 1.94 bits per heavy atom. The van der Waals surface area contributed by atoms with Crippen molar-refractivity contribution < 1.29 is 4.79 Å². The highest BCUT2D eigenvalue weighted by Crippen LogP contribution is 2.09. The first kappa shape index (κ1) is 13.6. The van der Waals surface area contributed by atoms with E-state index in [0.717, 1.165) is 25.1 Å². The number of carbonyl (C=O) groups is 1. The summed E-state index contributed by atoms with van der Waals surface area (Å²) in [6.45, 7) is 6.79. The van der Waals surface area contributed by atoms with Gasteiger partial charge in [-0.15, -0.1) is 0 Å². The number of hydrogen-bond acceptors (Lipinski definition) is 2. The number of hydrogen-bond donors (Lipinski definition) is 2. The van der Waals surface area contributed by atoms with Crippen LogP contribution in [0.5, 0.6) is 0 Å². The number of carbonyl (C=O) groups excluding carboxylic acids is 1. The summed E-state index contributed by atoms with van der Waals surface area (Å²) >= 11 is 0. The van der Waals surface area contributed by atoms with Crippen LogP contribution < -0.4 is 10.6 Å². The second kappa shape index (κ2) is 6.94. The predicted molar refractivity (Wildman–Crippen MR) is 72.2 cm³/mol. The van der Waals surface area contributed by atoms with Gasteiger partial charge in [-0.3, -0.25) is 4.79 Å². The zero-order chi connectivity index (χ0) is 12.7. The van der Waals surface area contributed by atoms with Crippen LogP contribution in [-0.2, 0) is 4.79 Å². The molecule has 2 N–H and O–H groups in total. The highest BCUT2D eigenvalue weighted by Gasteiger charge is 2.11. The predicted octanol–water partition coefficient (Wildman–Crippen LogP) is 2.71. The maximum absolute atomic E-state index is 11.7. The minimum absolute atomic E-state index is 0.0547. The molecule has 1 atom stereocenters. The van der Waals surface area contributed by atoms with E-state index in [9.17, 15) is 4.79 Å². The number of amides is 1. The van der Waals surface area contributed by atoms with Gasteiger partial charge in [0.25, 0.3) is 0 Å². The van der Waals surface area contributed by atoms with Gasteiger partial charge in [0.05, 0.1) is 0 Å². The molecule has 3 heteroatoms. The topological polar surface area (TPSA) is 41.1 Å². The van der Waals surface area contributed by atoms with Crippen LogP contribution >= 0.6 is 0 Å². The van der Waals surface area contributed by atoms with E-state index in [-0.39, 0.29) is 11.9 Å². The number of nitrogens with one attached hydrogen (secondary N) is 2. The average molecular weight is 234 g/mol. The molecule has 0 radical (unpaired) electrons. The number of benzene rings is 1. The largest absolute Gasteiger partial charge is 0.374 e. The number of aryl methyl sites for hydroxylation is 1. The van der Waals surface area contributed by atoms with E-state index in [2.05, 4.69) is 17.6 Å². The Kier molecular flexibility index (Phi) is 5.53. The van der Waals surface area contributed by atoms with Gasteiger partial charge in [-0.05, 0) is 32.4 Å². The summed E-state index contributed by atoms with van der Waals surface area (Å²) in [4.78, 5) is 11.7. The Bertz CT molecular complexity index is 346. The van der Waals surface area contributed by atoms with Crippen LogP contribution in [-0.4, -0.2) is 18.5 Å². The van der Waals surface area contributed by atoms with Crippen molar-refractivity contribution in [2.75, 3.05) is 11.9 Å². The minimum Gasteiger partial charge on any atom is -0.374 e. The summed E-state index contributed by atoms with van der Waals surface area (Å²) in [7, 11) is 0. The first-order valence-electron chi connectivity index (χ1n) is 6.24. The van der Waals surface area contributed by atoms with Crippen molar-refractivity contribution in [2.24, 2.45) is 0 Å². The molecule has 1 aromatic carbocycles. The molecule has 17 heavy (non-hydrogen) atoms. The molecule has 0 aliphatic heterocycles. The smallest absolute Gasteiger partial charge is 0.242 e. The summed E-state index contributed by atoms with van der Waals surface area (Å²) in [5, 5.41) is 6.10. The first-order valence-corrected chi connectivity index (χ1v) is 6.24. The van der Waals surface area contributed by atoms with E-state index < -0.39 is 0 Å². The van der Waals surface area contributed by atoms with Crippen molar-refractivity contribution in [1.82, 2.24) is 5.32 Å². The molecule has 94 valence electrons. The van der Waals surface area contributed by atoms with Crippen LogP contribution in [0, 0.1) is 6.92 Å². The number of rotatable bonds is 6. The van der Waals surface area contributed by atoms with E-state index in [4.69, 9.17) is 0 Å². The van der Waals surface area contributed by atoms with Gasteiger partial charge in [-0.1, -0.05) is 31.0 Å². The zero-order valence-electron chi connectivity index (χ0n) is 10.9. The fourth-order valence-corrected chi connectivity index (χ4v) is 1.51. The van der Waals surface area contributed by atoms with Crippen molar-refractivity contribution >= 4 is 11.6 Å². The maximum Gasteiger partial charge on any atom is 0.242 e. The summed E-state index contributed by atoms with van der Waals surface area (Å²) in [5.41, 5.74) is 2.20. The first-order chi connectivity index (χ1) is 8.13. The summed E-state index contributed by atoms with van der Waals surface area (Å²) < 4.78 is 0. The lowest BCUT2D eigenvalue weighted by molar-refractivity contribution is -0.121. The second-order valence-electron chi connectivity index (χ2n) is 4.38. The summed E-state index contributed by atoms with van der Waals surface area (Å²) in [5.74, 6) is 0.0547. The molecule has 0 fully saturated rings. The molecular weight excluding hydrogens is 212 g/mol. The summed E-state index contributed by atoms with van der Waals surface area (Å²) in [6.07, 6.45) is 2.13. The number of anilines is 1. The lowest BCUT2D eigenvalue weighted by Crippen LogP contribution is -2.37. The van der Waals surface area contributed by atoms with E-state index in [1.165, 1.54) is 5.56 Å². The molecule has 3 nitrogen and oxygen atoms in total. The molecule has 0 heterocycles. The van der Waals surface area contributed by atoms with Crippen molar-refractivity contribution in [3.63, 3.8) is 0 Å². The lowest BCUT2D eigenvalue weighted by atomic mass is 10.2. The molecular formula is C14H22N2O. The molecule has 1 unspecified atom stereocenters. The van der Waals surface area contributed by atoms with Gasteiger partial charge in [-0.2, -0.15) is 0 Å². The molecule has 0 aliphatic rings. The van der Waals surface area contributed by atoms with Crippen LogP contribution in [0.1, 0.15) is 32.3 Å². The van der Waals surface area contributed by atoms with Crippen LogP contribution in [0.2, 0.25) is 0 Å². The van der Waals surface area contributed by atoms with Gasteiger partial charge in [0.2, 0.25) is 5.91 Å². The maximum atomic E-state index is 11.7. The third-order valence-corrected chi connectivity index (χ3v) is 2.66. The normalized spacial score (nSPS) is 11.9. The van der Waals surface area contributed by atoms with Gasteiger partial charge >= 0.3 is 0 Å². The van der Waals surface area contributed by atoms with Gasteiger partial charge in [0.15, 0.2) is 0 Å². The van der Waals surface area contributed by atoms with Gasteiger partial charge in [0.1, 0.15) is 6.04 Å². The second-order valence-corrected chi connectivity index (χ2v) is 4.38. The average Bonchev–Trinajstić information content (AvgIpc) is 2.32. The molecule has 0 saturated carbocycles. The Morgan fingerprint density at radius 1 is 1.29 bits per heavy atom. The highest BCUT2D eigenvalue weighted by atomic mass is 16.2. The third-order valence-electron chi connectivity index (χ3n) is 2.66. The number of unbranched alkanes of at least 4 members (excludes halogenated alkanes) is 1. The van der Waals surface area contributed by atoms with Gasteiger partial charge in [0, 0.05) is 12.2 Å². The van der Waals surface area contributed by atoms with Crippen LogP contribution in [0.25, 0.3) is 0 Å². The van der Waals surface area contributed by atoms with Crippen LogP contribution in [0.15, 0.2) is 24.3 Å². The monoisotopic (exact) mass is 234 g/mol. The molecule has 1 rings (SSSR count). The van der Waals surface area contributed by atoms with E-state index in [1.807, 2.05) is 38.1 Å². The highest BCUT2D eigenvalue weighted by molar-refractivity contribution is 5.84. The van der Waals surface area contributed by atoms with Gasteiger partial charge < -0.3 is 10.6 Å². The van der Waals surface area contributed by atoms with Crippen LogP contribution in [0.4, 0.5) is 5.69 Å². The Morgan fingerprint density at radius 3 is 2.53 bits per heavy atom. The standard InChI is InChI=1S/C14H22N2O/c1-4-5-10-15-14(17)12(3)16-13-8-6-11(2)7-9-13/h6-9,12,16H,4-5,10H2,1-3H3,(H,15,17). The lowest BCUT2D eigenvalue weighted by Gasteiger charge is -2.15. The van der Waals surface area contributed by atoms with E-state index in [0.29, 0.717) is 0 Å². The van der Waals surface area contributed by atoms with E-state index >= 15 is 0 Å². The van der Waals surface area contributed by atoms with Gasteiger partial charge in [-0.25, -0.2) is 0 Å². The fourth-order valence-electron chi connectivity index (χ4n) is 1.51. The Hall–Kier alpha value is -1.51. The van der Waals surface area contributed by atoms with Crippen LogP contribution in [0.3, 0.4) is 0 Å². The molecule has 0 bridgehead atoms. The van der Waals surface area contributed by atoms with E-state index in [1.54, 1.807) is 0 Å². The molecule has 0 spiro atoms. The fraction of sp³-hybridized carbons (Fsp3) is 0.500. The van der Waals surface area contributed by atoms with Crippen molar-refractivity contribution in [2.45, 2.75) is 39.7 Å². The SMILES string of the molecule is CCCCNC(=O)C(C)Nc1ccc(C)cc1. The molecule has 1 amide bonds. The third kappa shape index (κ3) is 4.89. The molecule has 0 aromatic heterocycles. The zero-order valence-corrected chi connectivity index (χ0v) is 10.9. The quantitative estimate of drug-likeness (QED) is 0.743.